The molecular formula is C14H20N2O4S. The molecule has 2 N–H and O–H groups in total. The predicted octanol–water partition coefficient (Wildman–Crippen LogP) is 1.16. The van der Waals surface area contributed by atoms with Gasteiger partial charge in [0.25, 0.3) is 0 Å². The second-order valence-corrected chi connectivity index (χ2v) is 6.88. The van der Waals surface area contributed by atoms with Gasteiger partial charge in [0, 0.05) is 12.2 Å². The molecule has 1 unspecified atom stereocenters. The molecule has 1 saturated heterocycles. The average Bonchev–Trinajstić information content (AvgIpc) is 2.96. The lowest BCUT2D eigenvalue weighted by molar-refractivity contribution is -0.144. The Morgan fingerprint density at radius 3 is 2.81 bits per heavy atom. The number of anilines is 1. The van der Waals surface area contributed by atoms with E-state index in [0.717, 1.165) is 0 Å². The summed E-state index contributed by atoms with van der Waals surface area (Å²) < 4.78 is 31.7. The SMILES string of the molecule is CCc1ccc(N)cc1S(=O)(=O)N1CCCC1C(=O)OC. The summed E-state index contributed by atoms with van der Waals surface area (Å²) in [5, 5.41) is 0. The number of nitrogen functional groups attached to an aromatic ring is 1. The van der Waals surface area contributed by atoms with Crippen LogP contribution in [-0.4, -0.2) is 38.4 Å². The summed E-state index contributed by atoms with van der Waals surface area (Å²) in [4.78, 5) is 12.0. The molecule has 0 saturated carbocycles. The minimum Gasteiger partial charge on any atom is -0.468 e. The monoisotopic (exact) mass is 312 g/mol. The lowest BCUT2D eigenvalue weighted by atomic mass is 10.1. The minimum atomic E-state index is -3.76. The Morgan fingerprint density at radius 2 is 2.19 bits per heavy atom. The Bertz CT molecular complexity index is 642. The predicted molar refractivity (Wildman–Crippen MR) is 79.2 cm³/mol. The maximum Gasteiger partial charge on any atom is 0.324 e. The van der Waals surface area contributed by atoms with Crippen molar-refractivity contribution in [1.82, 2.24) is 4.31 Å². The molecule has 1 atom stereocenters. The van der Waals surface area contributed by atoms with E-state index >= 15 is 0 Å². The maximum absolute atomic E-state index is 12.9. The van der Waals surface area contributed by atoms with E-state index in [4.69, 9.17) is 10.5 Å². The number of methoxy groups -OCH3 is 1. The molecule has 0 aliphatic carbocycles. The Labute approximate surface area is 124 Å². The number of sulfonamides is 1. The van der Waals surface area contributed by atoms with E-state index in [0.29, 0.717) is 37.1 Å². The van der Waals surface area contributed by atoms with Crippen molar-refractivity contribution in [2.75, 3.05) is 19.4 Å². The van der Waals surface area contributed by atoms with Gasteiger partial charge in [-0.15, -0.1) is 0 Å². The van der Waals surface area contributed by atoms with Gasteiger partial charge in [0.2, 0.25) is 10.0 Å². The Morgan fingerprint density at radius 1 is 1.48 bits per heavy atom. The first-order valence-electron chi connectivity index (χ1n) is 6.90. The lowest BCUT2D eigenvalue weighted by Crippen LogP contribution is -2.41. The number of rotatable bonds is 4. The quantitative estimate of drug-likeness (QED) is 0.665. The van der Waals surface area contributed by atoms with Gasteiger partial charge in [0.15, 0.2) is 0 Å². The molecule has 1 aromatic carbocycles. The van der Waals surface area contributed by atoms with E-state index in [-0.39, 0.29) is 4.90 Å². The highest BCUT2D eigenvalue weighted by Crippen LogP contribution is 2.29. The van der Waals surface area contributed by atoms with Crippen LogP contribution in [0.25, 0.3) is 0 Å². The molecule has 6 nitrogen and oxygen atoms in total. The molecule has 7 heteroatoms. The fraction of sp³-hybridized carbons (Fsp3) is 0.500. The van der Waals surface area contributed by atoms with Crippen LogP contribution in [0.1, 0.15) is 25.3 Å². The normalized spacial score (nSPS) is 19.6. The molecule has 21 heavy (non-hydrogen) atoms. The van der Waals surface area contributed by atoms with Gasteiger partial charge in [-0.25, -0.2) is 8.42 Å². The summed E-state index contributed by atoms with van der Waals surface area (Å²) in [6.07, 6.45) is 1.70. The number of carbonyl (C=O) groups excluding carboxylic acids is 1. The number of aryl methyl sites for hydroxylation is 1. The highest BCUT2D eigenvalue weighted by molar-refractivity contribution is 7.89. The molecule has 1 aromatic rings. The molecule has 1 aliphatic heterocycles. The van der Waals surface area contributed by atoms with Crippen molar-refractivity contribution in [2.45, 2.75) is 37.1 Å². The third kappa shape index (κ3) is 2.89. The van der Waals surface area contributed by atoms with Crippen LogP contribution in [-0.2, 0) is 26.0 Å². The Balaban J connectivity index is 2.47. The number of carbonyl (C=O) groups is 1. The van der Waals surface area contributed by atoms with E-state index in [9.17, 15) is 13.2 Å². The number of hydrogen-bond donors (Lipinski definition) is 1. The van der Waals surface area contributed by atoms with Gasteiger partial charge in [-0.2, -0.15) is 4.31 Å². The third-order valence-corrected chi connectivity index (χ3v) is 5.73. The van der Waals surface area contributed by atoms with Crippen LogP contribution in [0.5, 0.6) is 0 Å². The van der Waals surface area contributed by atoms with Crippen LogP contribution in [0.2, 0.25) is 0 Å². The summed E-state index contributed by atoms with van der Waals surface area (Å²) in [6, 6.07) is 4.11. The van der Waals surface area contributed by atoms with E-state index in [1.54, 1.807) is 12.1 Å². The molecule has 1 fully saturated rings. The fourth-order valence-electron chi connectivity index (χ4n) is 2.63. The zero-order chi connectivity index (χ0) is 15.6. The van der Waals surface area contributed by atoms with Gasteiger partial charge in [-0.05, 0) is 37.0 Å². The standard InChI is InChI=1S/C14H20N2O4S/c1-3-10-6-7-11(15)9-13(10)21(18,19)16-8-4-5-12(16)14(17)20-2/h6-7,9,12H,3-5,8,15H2,1-2H3. The first kappa shape index (κ1) is 15.8. The zero-order valence-corrected chi connectivity index (χ0v) is 13.0. The largest absolute Gasteiger partial charge is 0.468 e. The lowest BCUT2D eigenvalue weighted by Gasteiger charge is -2.23. The number of nitrogens with two attached hydrogens (primary N) is 1. The summed E-state index contributed by atoms with van der Waals surface area (Å²) in [5.74, 6) is -0.516. The molecule has 116 valence electrons. The van der Waals surface area contributed by atoms with Crippen LogP contribution < -0.4 is 5.73 Å². The van der Waals surface area contributed by atoms with E-state index in [1.165, 1.54) is 17.5 Å². The van der Waals surface area contributed by atoms with Crippen molar-refractivity contribution in [2.24, 2.45) is 0 Å². The topological polar surface area (TPSA) is 89.7 Å². The summed E-state index contributed by atoms with van der Waals surface area (Å²) in [6.45, 7) is 2.20. The fourth-order valence-corrected chi connectivity index (χ4v) is 4.61. The number of ether oxygens (including phenoxy) is 1. The van der Waals surface area contributed by atoms with Crippen LogP contribution in [0.4, 0.5) is 5.69 Å². The number of esters is 1. The molecule has 2 rings (SSSR count). The molecule has 0 bridgehead atoms. The molecule has 1 aliphatic rings. The summed E-state index contributed by atoms with van der Waals surface area (Å²) >= 11 is 0. The van der Waals surface area contributed by atoms with Crippen molar-refractivity contribution >= 4 is 21.7 Å². The maximum atomic E-state index is 12.9. The number of hydrogen-bond acceptors (Lipinski definition) is 5. The molecule has 0 amide bonds. The molecular weight excluding hydrogens is 292 g/mol. The average molecular weight is 312 g/mol. The highest BCUT2D eigenvalue weighted by Gasteiger charge is 2.40. The van der Waals surface area contributed by atoms with Crippen molar-refractivity contribution in [3.05, 3.63) is 23.8 Å². The summed E-state index contributed by atoms with van der Waals surface area (Å²) in [5.41, 5.74) is 6.81. The smallest absolute Gasteiger partial charge is 0.324 e. The second-order valence-electron chi connectivity index (χ2n) is 5.02. The van der Waals surface area contributed by atoms with Crippen LogP contribution >= 0.6 is 0 Å². The van der Waals surface area contributed by atoms with Gasteiger partial charge in [0.1, 0.15) is 6.04 Å². The van der Waals surface area contributed by atoms with Crippen LogP contribution in [0.15, 0.2) is 23.1 Å². The van der Waals surface area contributed by atoms with Crippen molar-refractivity contribution in [3.63, 3.8) is 0 Å². The van der Waals surface area contributed by atoms with Crippen LogP contribution in [0, 0.1) is 0 Å². The Kier molecular flexibility index (Phi) is 4.53. The summed E-state index contributed by atoms with van der Waals surface area (Å²) in [7, 11) is -2.49. The second kappa shape index (κ2) is 6.03. The Hall–Kier alpha value is -1.60. The molecule has 0 radical (unpaired) electrons. The molecule has 0 aromatic heterocycles. The van der Waals surface area contributed by atoms with E-state index in [2.05, 4.69) is 0 Å². The molecule has 0 spiro atoms. The van der Waals surface area contributed by atoms with Gasteiger partial charge in [0.05, 0.1) is 12.0 Å². The minimum absolute atomic E-state index is 0.181. The third-order valence-electron chi connectivity index (χ3n) is 3.74. The van der Waals surface area contributed by atoms with Crippen molar-refractivity contribution in [3.8, 4) is 0 Å². The number of nitrogens with zero attached hydrogens (tertiary/aromatic N) is 1. The van der Waals surface area contributed by atoms with Gasteiger partial charge in [-0.3, -0.25) is 4.79 Å². The van der Waals surface area contributed by atoms with E-state index < -0.39 is 22.0 Å². The van der Waals surface area contributed by atoms with Gasteiger partial charge in [-0.1, -0.05) is 13.0 Å². The zero-order valence-electron chi connectivity index (χ0n) is 12.2. The first-order chi connectivity index (χ1) is 9.91. The van der Waals surface area contributed by atoms with E-state index in [1.807, 2.05) is 6.92 Å². The van der Waals surface area contributed by atoms with Crippen LogP contribution in [0.3, 0.4) is 0 Å². The number of benzene rings is 1. The molecule has 1 heterocycles. The van der Waals surface area contributed by atoms with Crippen molar-refractivity contribution < 1.29 is 17.9 Å². The highest BCUT2D eigenvalue weighted by atomic mass is 32.2. The van der Waals surface area contributed by atoms with Gasteiger partial charge < -0.3 is 10.5 Å². The first-order valence-corrected chi connectivity index (χ1v) is 8.34. The van der Waals surface area contributed by atoms with Gasteiger partial charge >= 0.3 is 5.97 Å². The van der Waals surface area contributed by atoms with Crippen molar-refractivity contribution in [1.29, 1.82) is 0 Å².